The van der Waals surface area contributed by atoms with E-state index in [2.05, 4.69) is 36.9 Å². The third-order valence-electron chi connectivity index (χ3n) is 6.25. The van der Waals surface area contributed by atoms with Gasteiger partial charge in [0, 0.05) is 4.91 Å². The summed E-state index contributed by atoms with van der Waals surface area (Å²) in [4.78, 5) is 2.85. The first-order valence-corrected chi connectivity index (χ1v) is 12.9. The summed E-state index contributed by atoms with van der Waals surface area (Å²) in [6.07, 6.45) is 22.1. The molecule has 4 heteroatoms. The average Bonchev–Trinajstić information content (AvgIpc) is 2.77. The molecule has 0 radical (unpaired) electrons. The van der Waals surface area contributed by atoms with Crippen molar-refractivity contribution in [3.8, 4) is 5.75 Å². The minimum atomic E-state index is 0.382. The number of unbranched alkanes of at least 4 members (excludes halogenated alkanes) is 15. The molecule has 0 aliphatic carbocycles. The van der Waals surface area contributed by atoms with E-state index in [4.69, 9.17) is 10.3 Å². The van der Waals surface area contributed by atoms with Crippen LogP contribution in [0.15, 0.2) is 17.2 Å². The molecule has 1 aromatic rings. The van der Waals surface area contributed by atoms with Gasteiger partial charge in [-0.2, -0.15) is 0 Å². The lowest BCUT2D eigenvalue weighted by Gasteiger charge is -2.13. The average molecular weight is 430 g/mol. The second kappa shape index (κ2) is 19.0. The summed E-state index contributed by atoms with van der Waals surface area (Å²) in [7, 11) is 0. The molecule has 0 spiro atoms. The fourth-order valence-corrected chi connectivity index (χ4v) is 4.09. The SMILES string of the molecule is CCCCCCCCCCCCCCCCCCOc1cc(CN=[N+]=[N-])cc(C)c1C. The van der Waals surface area contributed by atoms with Crippen molar-refractivity contribution in [3.63, 3.8) is 0 Å². The first-order valence-electron chi connectivity index (χ1n) is 12.9. The first kappa shape index (κ1) is 27.4. The Morgan fingerprint density at radius 2 is 1.23 bits per heavy atom. The molecule has 0 unspecified atom stereocenters. The van der Waals surface area contributed by atoms with Gasteiger partial charge >= 0.3 is 0 Å². The zero-order chi connectivity index (χ0) is 22.6. The normalized spacial score (nSPS) is 10.8. The van der Waals surface area contributed by atoms with E-state index < -0.39 is 0 Å². The highest BCUT2D eigenvalue weighted by Crippen LogP contribution is 2.24. The van der Waals surface area contributed by atoms with Crippen LogP contribution < -0.4 is 4.74 Å². The number of hydrogen-bond acceptors (Lipinski definition) is 2. The van der Waals surface area contributed by atoms with Crippen molar-refractivity contribution in [2.24, 2.45) is 5.11 Å². The van der Waals surface area contributed by atoms with Crippen molar-refractivity contribution in [1.82, 2.24) is 0 Å². The third kappa shape index (κ3) is 14.1. The van der Waals surface area contributed by atoms with Crippen LogP contribution in [-0.4, -0.2) is 6.61 Å². The highest BCUT2D eigenvalue weighted by Gasteiger charge is 2.05. The Hall–Kier alpha value is -1.67. The number of ether oxygens (including phenoxy) is 1. The van der Waals surface area contributed by atoms with Crippen LogP contribution in [0, 0.1) is 13.8 Å². The van der Waals surface area contributed by atoms with Gasteiger partial charge in [0.25, 0.3) is 0 Å². The number of aryl methyl sites for hydroxylation is 1. The molecule has 0 bridgehead atoms. The zero-order valence-corrected chi connectivity index (χ0v) is 20.6. The molecule has 0 amide bonds. The molecule has 0 N–H and O–H groups in total. The molecule has 4 nitrogen and oxygen atoms in total. The number of hydrogen-bond donors (Lipinski definition) is 0. The lowest BCUT2D eigenvalue weighted by Crippen LogP contribution is -2.01. The van der Waals surface area contributed by atoms with Crippen LogP contribution in [-0.2, 0) is 6.54 Å². The minimum Gasteiger partial charge on any atom is -0.493 e. The van der Waals surface area contributed by atoms with Crippen LogP contribution in [0.3, 0.4) is 0 Å². The van der Waals surface area contributed by atoms with E-state index in [1.54, 1.807) is 0 Å². The van der Waals surface area contributed by atoms with Gasteiger partial charge in [0.2, 0.25) is 0 Å². The van der Waals surface area contributed by atoms with Crippen LogP contribution in [0.2, 0.25) is 0 Å². The van der Waals surface area contributed by atoms with Crippen molar-refractivity contribution in [2.45, 2.75) is 130 Å². The van der Waals surface area contributed by atoms with Crippen LogP contribution in [0.5, 0.6) is 5.75 Å². The lowest BCUT2D eigenvalue weighted by atomic mass is 10.0. The monoisotopic (exact) mass is 429 g/mol. The maximum atomic E-state index is 8.51. The second-order valence-corrected chi connectivity index (χ2v) is 9.08. The molecule has 0 aliphatic heterocycles. The number of rotatable bonds is 20. The molecule has 0 aliphatic rings. The Balaban J connectivity index is 1.96. The van der Waals surface area contributed by atoms with Crippen molar-refractivity contribution in [1.29, 1.82) is 0 Å². The molecule has 0 atom stereocenters. The van der Waals surface area contributed by atoms with E-state index >= 15 is 0 Å². The zero-order valence-electron chi connectivity index (χ0n) is 20.6. The molecule has 0 aromatic heterocycles. The molecule has 0 saturated carbocycles. The third-order valence-corrected chi connectivity index (χ3v) is 6.25. The number of nitrogens with zero attached hydrogens (tertiary/aromatic N) is 3. The predicted octanol–water partition coefficient (Wildman–Crippen LogP) is 9.75. The molecule has 0 fully saturated rings. The molecular formula is C27H47N3O. The maximum absolute atomic E-state index is 8.51. The number of azide groups is 1. The van der Waals surface area contributed by atoms with E-state index in [-0.39, 0.29) is 0 Å². The first-order chi connectivity index (χ1) is 15.2. The van der Waals surface area contributed by atoms with Gasteiger partial charge in [0.05, 0.1) is 13.2 Å². The smallest absolute Gasteiger partial charge is 0.122 e. The Morgan fingerprint density at radius 1 is 0.742 bits per heavy atom. The largest absolute Gasteiger partial charge is 0.493 e. The summed E-state index contributed by atoms with van der Waals surface area (Å²) in [5, 5.41) is 3.66. The molecule has 0 saturated heterocycles. The molecule has 31 heavy (non-hydrogen) atoms. The molecular weight excluding hydrogens is 382 g/mol. The topological polar surface area (TPSA) is 58.0 Å². The standard InChI is InChI=1S/C27H47N3O/c1-4-5-6-7-8-9-10-11-12-13-14-15-16-17-18-19-20-31-27-22-26(23-29-30-28)21-24(2)25(27)3/h21-22H,4-20,23H2,1-3H3. The Labute approximate surface area is 191 Å². The van der Waals surface area contributed by atoms with Gasteiger partial charge in [0.1, 0.15) is 5.75 Å². The summed E-state index contributed by atoms with van der Waals surface area (Å²) in [5.74, 6) is 0.934. The second-order valence-electron chi connectivity index (χ2n) is 9.08. The fraction of sp³-hybridized carbons (Fsp3) is 0.778. The Bertz CT molecular complexity index is 623. The van der Waals surface area contributed by atoms with Crippen molar-refractivity contribution < 1.29 is 4.74 Å². The van der Waals surface area contributed by atoms with E-state index in [9.17, 15) is 0 Å². The summed E-state index contributed by atoms with van der Waals surface area (Å²) >= 11 is 0. The molecule has 176 valence electrons. The molecule has 0 heterocycles. The Kier molecular flexibility index (Phi) is 16.8. The van der Waals surface area contributed by atoms with Crippen LogP contribution in [0.1, 0.15) is 126 Å². The van der Waals surface area contributed by atoms with E-state index in [1.165, 1.54) is 107 Å². The van der Waals surface area contributed by atoms with Gasteiger partial charge in [-0.25, -0.2) is 0 Å². The van der Waals surface area contributed by atoms with Gasteiger partial charge in [-0.3, -0.25) is 0 Å². The molecule has 1 rings (SSSR count). The summed E-state index contributed by atoms with van der Waals surface area (Å²) < 4.78 is 6.02. The van der Waals surface area contributed by atoms with Gasteiger partial charge in [0.15, 0.2) is 0 Å². The number of benzene rings is 1. The van der Waals surface area contributed by atoms with E-state index in [1.807, 2.05) is 6.07 Å². The quantitative estimate of drug-likeness (QED) is 0.0880. The predicted molar refractivity (Wildman–Crippen MR) is 134 cm³/mol. The van der Waals surface area contributed by atoms with Crippen molar-refractivity contribution >= 4 is 0 Å². The van der Waals surface area contributed by atoms with Crippen molar-refractivity contribution in [2.75, 3.05) is 6.61 Å². The lowest BCUT2D eigenvalue weighted by molar-refractivity contribution is 0.302. The van der Waals surface area contributed by atoms with Crippen molar-refractivity contribution in [3.05, 3.63) is 39.3 Å². The molecule has 1 aromatic carbocycles. The maximum Gasteiger partial charge on any atom is 0.122 e. The van der Waals surface area contributed by atoms with Gasteiger partial charge < -0.3 is 4.74 Å². The minimum absolute atomic E-state index is 0.382. The Morgan fingerprint density at radius 3 is 1.71 bits per heavy atom. The fourth-order valence-electron chi connectivity index (χ4n) is 4.09. The van der Waals surface area contributed by atoms with Gasteiger partial charge in [-0.05, 0) is 48.6 Å². The van der Waals surface area contributed by atoms with Crippen LogP contribution in [0.25, 0.3) is 10.4 Å². The summed E-state index contributed by atoms with van der Waals surface area (Å²) in [6, 6.07) is 4.09. The van der Waals surface area contributed by atoms with E-state index in [0.29, 0.717) is 6.54 Å². The van der Waals surface area contributed by atoms with Gasteiger partial charge in [-0.1, -0.05) is 114 Å². The highest BCUT2D eigenvalue weighted by molar-refractivity contribution is 5.42. The van der Waals surface area contributed by atoms with Crippen LogP contribution in [0.4, 0.5) is 0 Å². The van der Waals surface area contributed by atoms with Crippen LogP contribution >= 0.6 is 0 Å². The van der Waals surface area contributed by atoms with E-state index in [0.717, 1.165) is 24.3 Å². The highest BCUT2D eigenvalue weighted by atomic mass is 16.5. The summed E-state index contributed by atoms with van der Waals surface area (Å²) in [6.45, 7) is 7.61. The van der Waals surface area contributed by atoms with Gasteiger partial charge in [-0.15, -0.1) is 0 Å². The summed E-state index contributed by atoms with van der Waals surface area (Å²) in [5.41, 5.74) is 11.9.